The van der Waals surface area contributed by atoms with Crippen molar-refractivity contribution in [3.8, 4) is 0 Å². The van der Waals surface area contributed by atoms with Crippen LogP contribution in [-0.2, 0) is 9.59 Å². The highest BCUT2D eigenvalue weighted by atomic mass is 19.4. The van der Waals surface area contributed by atoms with Gasteiger partial charge in [0.15, 0.2) is 0 Å². The molecule has 21 heavy (non-hydrogen) atoms. The summed E-state index contributed by atoms with van der Waals surface area (Å²) in [5, 5.41) is 4.32. The van der Waals surface area contributed by atoms with Gasteiger partial charge in [0.25, 0.3) is 0 Å². The fraction of sp³-hybridized carbons (Fsp3) is 0.714. The summed E-state index contributed by atoms with van der Waals surface area (Å²) in [5.41, 5.74) is 0. The van der Waals surface area contributed by atoms with Crippen molar-refractivity contribution in [2.75, 3.05) is 13.1 Å². The highest BCUT2D eigenvalue weighted by Gasteiger charge is 2.38. The minimum absolute atomic E-state index is 0.120. The zero-order valence-corrected chi connectivity index (χ0v) is 11.8. The molecular weight excluding hydrogens is 285 g/mol. The summed E-state index contributed by atoms with van der Waals surface area (Å²) >= 11 is 0. The molecule has 0 aliphatic heterocycles. The Labute approximate surface area is 122 Å². The van der Waals surface area contributed by atoms with E-state index in [9.17, 15) is 22.8 Å². The number of carbonyl (C=O) groups is 2. The van der Waals surface area contributed by atoms with Gasteiger partial charge in [-0.05, 0) is 31.3 Å². The minimum atomic E-state index is -4.86. The summed E-state index contributed by atoms with van der Waals surface area (Å²) in [6.07, 6.45) is 4.63. The second-order valence-corrected chi connectivity index (χ2v) is 5.16. The molecule has 0 aromatic heterocycles. The first-order valence-corrected chi connectivity index (χ1v) is 7.20. The molecule has 0 unspecified atom stereocenters. The Hall–Kier alpha value is -1.53. The van der Waals surface area contributed by atoms with Crippen LogP contribution in [0.15, 0.2) is 12.2 Å². The van der Waals surface area contributed by atoms with E-state index in [0.717, 1.165) is 12.8 Å². The summed E-state index contributed by atoms with van der Waals surface area (Å²) in [5.74, 6) is -1.75. The van der Waals surface area contributed by atoms with Crippen molar-refractivity contribution in [1.82, 2.24) is 10.6 Å². The van der Waals surface area contributed by atoms with Gasteiger partial charge in [-0.25, -0.2) is 0 Å². The molecule has 2 amide bonds. The summed E-state index contributed by atoms with van der Waals surface area (Å²) in [4.78, 5) is 22.0. The molecule has 1 rings (SSSR count). The van der Waals surface area contributed by atoms with E-state index in [4.69, 9.17) is 0 Å². The Balaban J connectivity index is 2.08. The standard InChI is InChI=1S/C14H21F3N2O2/c15-14(16,17)13(21)19-10-4-9-18-12(20)8-7-11-5-2-1-3-6-11/h7-8,11H,1-6,9-10H2,(H,18,20)(H,19,21)/b8-7+. The van der Waals surface area contributed by atoms with E-state index in [-0.39, 0.29) is 25.4 Å². The smallest absolute Gasteiger partial charge is 0.352 e. The summed E-state index contributed by atoms with van der Waals surface area (Å²) in [6.45, 7) is 0.108. The van der Waals surface area contributed by atoms with Crippen molar-refractivity contribution in [3.05, 3.63) is 12.2 Å². The lowest BCUT2D eigenvalue weighted by molar-refractivity contribution is -0.173. The van der Waals surface area contributed by atoms with E-state index in [0.29, 0.717) is 5.92 Å². The quantitative estimate of drug-likeness (QED) is 0.584. The van der Waals surface area contributed by atoms with E-state index in [1.54, 1.807) is 5.32 Å². The largest absolute Gasteiger partial charge is 0.471 e. The molecule has 7 heteroatoms. The molecule has 0 aromatic carbocycles. The molecule has 0 saturated heterocycles. The van der Waals surface area contributed by atoms with Crippen LogP contribution in [0.1, 0.15) is 38.5 Å². The number of nitrogens with one attached hydrogen (secondary N) is 2. The number of hydrogen-bond donors (Lipinski definition) is 2. The third kappa shape index (κ3) is 7.72. The number of rotatable bonds is 6. The van der Waals surface area contributed by atoms with Gasteiger partial charge in [0.1, 0.15) is 0 Å². The van der Waals surface area contributed by atoms with Crippen LogP contribution in [0.25, 0.3) is 0 Å². The summed E-state index contributed by atoms with van der Waals surface area (Å²) in [6, 6.07) is 0. The number of carbonyl (C=O) groups excluding carboxylic acids is 2. The molecule has 1 aliphatic rings. The Morgan fingerprint density at radius 1 is 1.05 bits per heavy atom. The van der Waals surface area contributed by atoms with E-state index < -0.39 is 12.1 Å². The van der Waals surface area contributed by atoms with Crippen LogP contribution in [0.2, 0.25) is 0 Å². The Bertz CT molecular complexity index is 375. The molecule has 1 fully saturated rings. The molecule has 0 radical (unpaired) electrons. The normalized spacial score (nSPS) is 16.9. The molecule has 1 aliphatic carbocycles. The van der Waals surface area contributed by atoms with Gasteiger partial charge in [-0.2, -0.15) is 13.2 Å². The highest BCUT2D eigenvalue weighted by molar-refractivity contribution is 5.87. The maximum atomic E-state index is 11.9. The van der Waals surface area contributed by atoms with Gasteiger partial charge < -0.3 is 10.6 Å². The third-order valence-corrected chi connectivity index (χ3v) is 3.37. The van der Waals surface area contributed by atoms with Crippen LogP contribution in [0, 0.1) is 5.92 Å². The lowest BCUT2D eigenvalue weighted by Crippen LogP contribution is -2.38. The lowest BCUT2D eigenvalue weighted by Gasteiger charge is -2.17. The number of halogens is 3. The first-order valence-electron chi connectivity index (χ1n) is 7.20. The van der Waals surface area contributed by atoms with Gasteiger partial charge >= 0.3 is 12.1 Å². The molecule has 2 N–H and O–H groups in total. The van der Waals surface area contributed by atoms with E-state index in [1.165, 1.54) is 25.3 Å². The van der Waals surface area contributed by atoms with Crippen molar-refractivity contribution in [2.45, 2.75) is 44.7 Å². The first kappa shape index (κ1) is 17.5. The SMILES string of the molecule is O=C(/C=C/C1CCCCC1)NCCCNC(=O)C(F)(F)F. The van der Waals surface area contributed by atoms with Gasteiger partial charge in [0.2, 0.25) is 5.91 Å². The van der Waals surface area contributed by atoms with E-state index in [1.807, 2.05) is 6.08 Å². The van der Waals surface area contributed by atoms with Crippen LogP contribution in [0.4, 0.5) is 13.2 Å². The first-order chi connectivity index (χ1) is 9.89. The highest BCUT2D eigenvalue weighted by Crippen LogP contribution is 2.24. The zero-order chi connectivity index (χ0) is 15.7. The minimum Gasteiger partial charge on any atom is -0.352 e. The molecule has 0 atom stereocenters. The third-order valence-electron chi connectivity index (χ3n) is 3.37. The second-order valence-electron chi connectivity index (χ2n) is 5.16. The van der Waals surface area contributed by atoms with Gasteiger partial charge in [-0.3, -0.25) is 9.59 Å². The number of allylic oxidation sites excluding steroid dienone is 1. The van der Waals surface area contributed by atoms with Crippen molar-refractivity contribution in [1.29, 1.82) is 0 Å². The fourth-order valence-electron chi connectivity index (χ4n) is 2.21. The predicted molar refractivity (Wildman–Crippen MR) is 72.4 cm³/mol. The van der Waals surface area contributed by atoms with Gasteiger partial charge in [-0.15, -0.1) is 0 Å². The van der Waals surface area contributed by atoms with Gasteiger partial charge in [0, 0.05) is 13.1 Å². The maximum absolute atomic E-state index is 11.9. The summed E-state index contributed by atoms with van der Waals surface area (Å²) < 4.78 is 35.6. The van der Waals surface area contributed by atoms with Crippen LogP contribution in [-0.4, -0.2) is 31.1 Å². The van der Waals surface area contributed by atoms with Crippen LogP contribution >= 0.6 is 0 Å². The van der Waals surface area contributed by atoms with Crippen LogP contribution in [0.3, 0.4) is 0 Å². The van der Waals surface area contributed by atoms with Crippen molar-refractivity contribution in [2.24, 2.45) is 5.92 Å². The molecule has 0 heterocycles. The van der Waals surface area contributed by atoms with Crippen molar-refractivity contribution >= 4 is 11.8 Å². The second kappa shape index (κ2) is 8.69. The van der Waals surface area contributed by atoms with Crippen LogP contribution < -0.4 is 10.6 Å². The fourth-order valence-corrected chi connectivity index (χ4v) is 2.21. The average molecular weight is 306 g/mol. The van der Waals surface area contributed by atoms with E-state index in [2.05, 4.69) is 5.32 Å². The predicted octanol–water partition coefficient (Wildman–Crippen LogP) is 2.31. The maximum Gasteiger partial charge on any atom is 0.471 e. The molecule has 4 nitrogen and oxygen atoms in total. The molecule has 0 bridgehead atoms. The molecular formula is C14H21F3N2O2. The van der Waals surface area contributed by atoms with Crippen molar-refractivity contribution in [3.63, 3.8) is 0 Å². The number of hydrogen-bond acceptors (Lipinski definition) is 2. The average Bonchev–Trinajstić information content (AvgIpc) is 2.44. The number of alkyl halides is 3. The molecule has 120 valence electrons. The van der Waals surface area contributed by atoms with Crippen molar-refractivity contribution < 1.29 is 22.8 Å². The Morgan fingerprint density at radius 3 is 2.29 bits per heavy atom. The molecule has 0 aromatic rings. The Morgan fingerprint density at radius 2 is 1.67 bits per heavy atom. The van der Waals surface area contributed by atoms with Gasteiger partial charge in [-0.1, -0.05) is 25.3 Å². The summed E-state index contributed by atoms with van der Waals surface area (Å²) in [7, 11) is 0. The van der Waals surface area contributed by atoms with Crippen LogP contribution in [0.5, 0.6) is 0 Å². The molecule has 1 saturated carbocycles. The zero-order valence-electron chi connectivity index (χ0n) is 11.8. The Kier molecular flexibility index (Phi) is 7.25. The molecule has 0 spiro atoms. The topological polar surface area (TPSA) is 58.2 Å². The lowest BCUT2D eigenvalue weighted by atomic mass is 9.89. The number of amides is 2. The monoisotopic (exact) mass is 306 g/mol. The van der Waals surface area contributed by atoms with E-state index >= 15 is 0 Å². The van der Waals surface area contributed by atoms with Gasteiger partial charge in [0.05, 0.1) is 0 Å².